The van der Waals surface area contributed by atoms with Crippen LogP contribution < -0.4 is 14.8 Å². The smallest absolute Gasteiger partial charge is 0.359 e. The van der Waals surface area contributed by atoms with Crippen molar-refractivity contribution in [1.29, 1.82) is 0 Å². The topological polar surface area (TPSA) is 138 Å². The summed E-state index contributed by atoms with van der Waals surface area (Å²) in [6.45, 7) is 1.03. The molecular formula is C36H34N2O9S2. The van der Waals surface area contributed by atoms with Crippen LogP contribution in [0.15, 0.2) is 132 Å². The monoisotopic (exact) mass is 702 g/mol. The number of β-lactam (4-membered cyclic amide) rings is 1. The lowest BCUT2D eigenvalue weighted by atomic mass is 10.0. The molecule has 0 aromatic heterocycles. The average molecular weight is 703 g/mol. The number of benzene rings is 4. The normalized spacial score (nSPS) is 16.2. The summed E-state index contributed by atoms with van der Waals surface area (Å²) in [6, 6.07) is 31.1. The Morgan fingerprint density at radius 3 is 1.90 bits per heavy atom. The van der Waals surface area contributed by atoms with Crippen molar-refractivity contribution >= 4 is 37.4 Å². The number of likely N-dealkylation sites (tertiary alicyclic amines) is 1. The molecule has 1 heterocycles. The van der Waals surface area contributed by atoms with Crippen LogP contribution in [0.3, 0.4) is 0 Å². The molecule has 1 fully saturated rings. The van der Waals surface area contributed by atoms with E-state index in [-0.39, 0.29) is 16.4 Å². The van der Waals surface area contributed by atoms with Crippen LogP contribution in [0, 0.1) is 0 Å². The van der Waals surface area contributed by atoms with Crippen molar-refractivity contribution in [3.63, 3.8) is 0 Å². The highest BCUT2D eigenvalue weighted by Gasteiger charge is 2.55. The van der Waals surface area contributed by atoms with Gasteiger partial charge in [0.1, 0.15) is 28.7 Å². The lowest BCUT2D eigenvalue weighted by molar-refractivity contribution is -0.155. The van der Waals surface area contributed by atoms with Gasteiger partial charge in [0.2, 0.25) is 8.87 Å². The van der Waals surface area contributed by atoms with Crippen molar-refractivity contribution in [1.82, 2.24) is 10.2 Å². The van der Waals surface area contributed by atoms with E-state index < -0.39 is 50.8 Å². The predicted octanol–water partition coefficient (Wildman–Crippen LogP) is 5.06. The molecule has 1 aliphatic heterocycles. The van der Waals surface area contributed by atoms with Crippen LogP contribution in [0.4, 0.5) is 0 Å². The number of esters is 1. The molecule has 2 amide bonds. The number of methoxy groups -OCH3 is 2. The largest absolute Gasteiger partial charge is 0.499 e. The van der Waals surface area contributed by atoms with Gasteiger partial charge < -0.3 is 24.3 Å². The minimum atomic E-state index is -4.16. The van der Waals surface area contributed by atoms with Crippen LogP contribution in [0.1, 0.15) is 24.2 Å². The molecule has 1 saturated heterocycles. The van der Waals surface area contributed by atoms with Gasteiger partial charge >= 0.3 is 5.97 Å². The number of carbonyl (C=O) groups excluding carboxylic acids is 3. The van der Waals surface area contributed by atoms with Crippen LogP contribution in [0.25, 0.3) is 0 Å². The van der Waals surface area contributed by atoms with Gasteiger partial charge in [-0.05, 0) is 54.4 Å². The Hall–Kier alpha value is -5.27. The van der Waals surface area contributed by atoms with E-state index >= 15 is 0 Å². The summed E-state index contributed by atoms with van der Waals surface area (Å²) < 4.78 is 49.5. The molecule has 254 valence electrons. The molecule has 0 radical (unpaired) electrons. The van der Waals surface area contributed by atoms with E-state index in [1.807, 2.05) is 12.1 Å². The maximum absolute atomic E-state index is 14.1. The molecule has 4 aromatic rings. The van der Waals surface area contributed by atoms with E-state index in [1.165, 1.54) is 45.4 Å². The van der Waals surface area contributed by atoms with Crippen molar-refractivity contribution in [2.45, 2.75) is 29.3 Å². The molecule has 1 aliphatic rings. The van der Waals surface area contributed by atoms with E-state index in [0.717, 1.165) is 4.90 Å². The van der Waals surface area contributed by atoms with Gasteiger partial charge in [-0.25, -0.2) is 13.2 Å². The van der Waals surface area contributed by atoms with Crippen LogP contribution in [-0.4, -0.2) is 63.3 Å². The van der Waals surface area contributed by atoms with Crippen molar-refractivity contribution in [2.75, 3.05) is 20.8 Å². The average Bonchev–Trinajstić information content (AvgIpc) is 3.14. The number of rotatable bonds is 14. The van der Waals surface area contributed by atoms with Gasteiger partial charge in [-0.3, -0.25) is 14.5 Å². The fourth-order valence-electron chi connectivity index (χ4n) is 5.00. The Morgan fingerprint density at radius 1 is 0.816 bits per heavy atom. The van der Waals surface area contributed by atoms with Gasteiger partial charge in [0.05, 0.1) is 19.1 Å². The number of amides is 2. The standard InChI is InChI=1S/C36H34N2O9S2/c1-24(44-2)32(36(41)47-33(25-13-7-4-8-14-25)26-15-9-5-10-16-26)38-34(40)31(37-30(39)23-46-28-17-11-6-12-18-28)35(38)48-49(42,43)29-21-19-27(45-3)20-22-29/h4-22,31,33,35H,23H2,1-3H3,(H,37,39)/b32-24-. The molecule has 0 bridgehead atoms. The third-order valence-corrected chi connectivity index (χ3v) is 11.3. The first kappa shape index (κ1) is 35.0. The number of nitrogens with one attached hydrogen (secondary N) is 1. The first-order chi connectivity index (χ1) is 23.6. The maximum atomic E-state index is 14.1. The molecular weight excluding hydrogens is 669 g/mol. The SMILES string of the molecule is CO/C(C)=C(/C(=O)OC(c1ccccc1)c1ccccc1)N1C(=O)C(NC(=O)COc2ccccc2)C1SS(=O)(=O)c1ccc(OC)cc1. The van der Waals surface area contributed by atoms with E-state index in [4.69, 9.17) is 18.9 Å². The molecule has 2 unspecified atom stereocenters. The van der Waals surface area contributed by atoms with Gasteiger partial charge in [-0.1, -0.05) is 78.9 Å². The van der Waals surface area contributed by atoms with E-state index in [9.17, 15) is 22.8 Å². The zero-order valence-corrected chi connectivity index (χ0v) is 28.5. The second-order valence-corrected chi connectivity index (χ2v) is 14.6. The highest BCUT2D eigenvalue weighted by atomic mass is 33.1. The molecule has 49 heavy (non-hydrogen) atoms. The number of ether oxygens (including phenoxy) is 4. The molecule has 4 aromatic carbocycles. The second-order valence-electron chi connectivity index (χ2n) is 10.7. The molecule has 0 saturated carbocycles. The van der Waals surface area contributed by atoms with Crippen LogP contribution in [-0.2, 0) is 32.7 Å². The third kappa shape index (κ3) is 8.24. The van der Waals surface area contributed by atoms with Gasteiger partial charge in [-0.15, -0.1) is 0 Å². The predicted molar refractivity (Wildman–Crippen MR) is 183 cm³/mol. The molecule has 0 spiro atoms. The number of allylic oxidation sites excluding steroid dienone is 1. The van der Waals surface area contributed by atoms with Crippen LogP contribution >= 0.6 is 10.8 Å². The third-order valence-electron chi connectivity index (χ3n) is 7.55. The lowest BCUT2D eigenvalue weighted by Crippen LogP contribution is -2.70. The summed E-state index contributed by atoms with van der Waals surface area (Å²) in [7, 11) is -0.988. The van der Waals surface area contributed by atoms with Gasteiger partial charge in [0.15, 0.2) is 18.4 Å². The first-order valence-corrected chi connectivity index (χ1v) is 17.9. The summed E-state index contributed by atoms with van der Waals surface area (Å²) in [6.07, 6.45) is -0.870. The van der Waals surface area contributed by atoms with Crippen LogP contribution in [0.2, 0.25) is 0 Å². The summed E-state index contributed by atoms with van der Waals surface area (Å²) in [5.41, 5.74) is 1.03. The van der Waals surface area contributed by atoms with Gasteiger partial charge in [-0.2, -0.15) is 0 Å². The number of nitrogens with zero attached hydrogens (tertiary/aromatic N) is 1. The number of para-hydroxylation sites is 1. The van der Waals surface area contributed by atoms with Crippen molar-refractivity contribution in [3.8, 4) is 11.5 Å². The highest BCUT2D eigenvalue weighted by molar-refractivity contribution is 8.72. The summed E-state index contributed by atoms with van der Waals surface area (Å²) in [4.78, 5) is 41.8. The summed E-state index contributed by atoms with van der Waals surface area (Å²) in [5, 5.41) is 1.28. The minimum absolute atomic E-state index is 0.00264. The van der Waals surface area contributed by atoms with Crippen molar-refractivity contribution in [2.24, 2.45) is 0 Å². The van der Waals surface area contributed by atoms with Crippen LogP contribution in [0.5, 0.6) is 11.5 Å². The van der Waals surface area contributed by atoms with E-state index in [1.54, 1.807) is 78.9 Å². The molecule has 2 atom stereocenters. The minimum Gasteiger partial charge on any atom is -0.499 e. The quantitative estimate of drug-likeness (QED) is 0.0624. The fraction of sp³-hybridized carbons (Fsp3) is 0.194. The number of hydrogen-bond donors (Lipinski definition) is 1. The highest BCUT2D eigenvalue weighted by Crippen LogP contribution is 2.41. The Kier molecular flexibility index (Phi) is 11.3. The molecule has 5 rings (SSSR count). The molecule has 0 aliphatic carbocycles. The summed E-state index contributed by atoms with van der Waals surface area (Å²) in [5.74, 6) is -1.46. The Labute approximate surface area is 288 Å². The van der Waals surface area contributed by atoms with Gasteiger partial charge in [0.25, 0.3) is 11.8 Å². The fourth-order valence-corrected chi connectivity index (χ4v) is 8.47. The van der Waals surface area contributed by atoms with E-state index in [0.29, 0.717) is 33.4 Å². The van der Waals surface area contributed by atoms with E-state index in [2.05, 4.69) is 5.32 Å². The maximum Gasteiger partial charge on any atom is 0.359 e. The van der Waals surface area contributed by atoms with Crippen molar-refractivity contribution < 1.29 is 41.7 Å². The number of carbonyl (C=O) groups is 3. The Bertz CT molecular complexity index is 1870. The zero-order valence-electron chi connectivity index (χ0n) is 26.8. The number of hydrogen-bond acceptors (Lipinski definition) is 10. The first-order valence-electron chi connectivity index (χ1n) is 15.1. The Morgan fingerprint density at radius 2 is 1.37 bits per heavy atom. The molecule has 1 N–H and O–H groups in total. The second kappa shape index (κ2) is 15.8. The zero-order chi connectivity index (χ0) is 35.0. The Balaban J connectivity index is 1.46. The molecule has 11 nitrogen and oxygen atoms in total. The van der Waals surface area contributed by atoms with Crippen molar-refractivity contribution in [3.05, 3.63) is 138 Å². The molecule has 13 heteroatoms. The summed E-state index contributed by atoms with van der Waals surface area (Å²) >= 11 is 0. The van der Waals surface area contributed by atoms with Gasteiger partial charge in [0, 0.05) is 10.8 Å². The lowest BCUT2D eigenvalue weighted by Gasteiger charge is -2.46.